The molecule has 0 bridgehead atoms. The first-order chi connectivity index (χ1) is 10.1. The second-order valence-electron chi connectivity index (χ2n) is 5.17. The Balaban J connectivity index is 1.94. The number of rotatable bonds is 7. The average Bonchev–Trinajstić information content (AvgIpc) is 2.92. The van der Waals surface area contributed by atoms with Crippen molar-refractivity contribution < 1.29 is 4.74 Å². The van der Waals surface area contributed by atoms with Crippen molar-refractivity contribution >= 4 is 22.9 Å². The lowest BCUT2D eigenvalue weighted by Gasteiger charge is -2.19. The average molecular weight is 324 g/mol. The minimum atomic E-state index is 0.279. The van der Waals surface area contributed by atoms with E-state index in [1.807, 2.05) is 18.2 Å². The Morgan fingerprint density at radius 2 is 1.81 bits per heavy atom. The van der Waals surface area contributed by atoms with E-state index in [9.17, 15) is 0 Å². The van der Waals surface area contributed by atoms with Crippen molar-refractivity contribution in [3.63, 3.8) is 0 Å². The van der Waals surface area contributed by atoms with Gasteiger partial charge < -0.3 is 10.1 Å². The summed E-state index contributed by atoms with van der Waals surface area (Å²) in [5.74, 6) is 0.936. The first-order valence-corrected chi connectivity index (χ1v) is 8.53. The smallest absolute Gasteiger partial charge is 0.119 e. The van der Waals surface area contributed by atoms with Crippen LogP contribution in [0.4, 0.5) is 0 Å². The second kappa shape index (κ2) is 7.83. The summed E-state index contributed by atoms with van der Waals surface area (Å²) >= 11 is 7.62. The Morgan fingerprint density at radius 3 is 2.38 bits per heavy atom. The van der Waals surface area contributed by atoms with Crippen molar-refractivity contribution in [1.29, 1.82) is 0 Å². The van der Waals surface area contributed by atoms with E-state index in [0.717, 1.165) is 23.1 Å². The SMILES string of the molecule is CCCOc1ccc(C(C)NC(C)c2ccc(Cl)s2)cc1. The Hall–Kier alpha value is -1.03. The van der Waals surface area contributed by atoms with E-state index in [4.69, 9.17) is 16.3 Å². The molecule has 21 heavy (non-hydrogen) atoms. The highest BCUT2D eigenvalue weighted by Gasteiger charge is 2.12. The molecule has 1 heterocycles. The molecule has 0 amide bonds. The van der Waals surface area contributed by atoms with E-state index in [1.165, 1.54) is 10.4 Å². The molecule has 0 aliphatic heterocycles. The van der Waals surface area contributed by atoms with Crippen LogP contribution < -0.4 is 10.1 Å². The quantitative estimate of drug-likeness (QED) is 0.715. The van der Waals surface area contributed by atoms with Gasteiger partial charge in [0.1, 0.15) is 5.75 Å². The normalized spacial score (nSPS) is 13.9. The summed E-state index contributed by atoms with van der Waals surface area (Å²) in [4.78, 5) is 1.26. The molecule has 0 aliphatic carbocycles. The maximum atomic E-state index is 5.99. The first kappa shape index (κ1) is 16.3. The largest absolute Gasteiger partial charge is 0.494 e. The molecular formula is C17H22ClNOS. The van der Waals surface area contributed by atoms with Gasteiger partial charge in [0.15, 0.2) is 0 Å². The molecule has 1 N–H and O–H groups in total. The predicted molar refractivity (Wildman–Crippen MR) is 91.5 cm³/mol. The molecule has 0 aliphatic rings. The molecule has 1 aromatic heterocycles. The maximum Gasteiger partial charge on any atom is 0.119 e. The van der Waals surface area contributed by atoms with Crippen molar-refractivity contribution in [3.8, 4) is 5.75 Å². The first-order valence-electron chi connectivity index (χ1n) is 7.34. The molecule has 0 spiro atoms. The van der Waals surface area contributed by atoms with Crippen molar-refractivity contribution in [2.75, 3.05) is 6.61 Å². The fourth-order valence-corrected chi connectivity index (χ4v) is 3.26. The lowest BCUT2D eigenvalue weighted by Crippen LogP contribution is -2.21. The number of hydrogen-bond donors (Lipinski definition) is 1. The topological polar surface area (TPSA) is 21.3 Å². The zero-order chi connectivity index (χ0) is 15.2. The third kappa shape index (κ3) is 4.73. The molecule has 2 aromatic rings. The molecule has 0 saturated carbocycles. The highest BCUT2D eigenvalue weighted by atomic mass is 35.5. The van der Waals surface area contributed by atoms with E-state index in [1.54, 1.807) is 11.3 Å². The van der Waals surface area contributed by atoms with E-state index in [0.29, 0.717) is 0 Å². The van der Waals surface area contributed by atoms with Crippen LogP contribution in [0.15, 0.2) is 36.4 Å². The van der Waals surface area contributed by atoms with Crippen molar-refractivity contribution in [1.82, 2.24) is 5.32 Å². The summed E-state index contributed by atoms with van der Waals surface area (Å²) in [7, 11) is 0. The molecule has 2 atom stereocenters. The fourth-order valence-electron chi connectivity index (χ4n) is 2.19. The fraction of sp³-hybridized carbons (Fsp3) is 0.412. The summed E-state index contributed by atoms with van der Waals surface area (Å²) in [5, 5.41) is 3.60. The lowest BCUT2D eigenvalue weighted by molar-refractivity contribution is 0.317. The zero-order valence-electron chi connectivity index (χ0n) is 12.7. The summed E-state index contributed by atoms with van der Waals surface area (Å²) in [5.41, 5.74) is 1.26. The second-order valence-corrected chi connectivity index (χ2v) is 6.92. The number of halogens is 1. The highest BCUT2D eigenvalue weighted by molar-refractivity contribution is 7.16. The van der Waals surface area contributed by atoms with Gasteiger partial charge in [-0.1, -0.05) is 30.7 Å². The van der Waals surface area contributed by atoms with Gasteiger partial charge in [0.25, 0.3) is 0 Å². The van der Waals surface area contributed by atoms with Gasteiger partial charge in [-0.25, -0.2) is 0 Å². The van der Waals surface area contributed by atoms with Crippen LogP contribution in [-0.2, 0) is 0 Å². The molecule has 0 fully saturated rings. The lowest BCUT2D eigenvalue weighted by atomic mass is 10.1. The van der Waals surface area contributed by atoms with Gasteiger partial charge in [-0.3, -0.25) is 0 Å². The van der Waals surface area contributed by atoms with Crippen LogP contribution in [0.3, 0.4) is 0 Å². The van der Waals surface area contributed by atoms with Crippen LogP contribution in [0, 0.1) is 0 Å². The minimum Gasteiger partial charge on any atom is -0.494 e. The molecule has 1 aromatic carbocycles. The van der Waals surface area contributed by atoms with Crippen LogP contribution in [0.1, 0.15) is 49.7 Å². The van der Waals surface area contributed by atoms with E-state index in [-0.39, 0.29) is 12.1 Å². The third-order valence-corrected chi connectivity index (χ3v) is 4.79. The van der Waals surface area contributed by atoms with Gasteiger partial charge in [0, 0.05) is 17.0 Å². The predicted octanol–water partition coefficient (Wildman–Crippen LogP) is 5.60. The summed E-state index contributed by atoms with van der Waals surface area (Å²) < 4.78 is 6.45. The Bertz CT molecular complexity index is 552. The van der Waals surface area contributed by atoms with Crippen molar-refractivity contribution in [2.24, 2.45) is 0 Å². The molecular weight excluding hydrogens is 302 g/mol. The monoisotopic (exact) mass is 323 g/mol. The number of thiophene rings is 1. The van der Waals surface area contributed by atoms with Gasteiger partial charge in [0.2, 0.25) is 0 Å². The number of hydrogen-bond acceptors (Lipinski definition) is 3. The van der Waals surface area contributed by atoms with Gasteiger partial charge >= 0.3 is 0 Å². The molecule has 2 unspecified atom stereocenters. The van der Waals surface area contributed by atoms with Crippen LogP contribution in [0.5, 0.6) is 5.75 Å². The summed E-state index contributed by atoms with van der Waals surface area (Å²) in [6, 6.07) is 12.9. The Labute approximate surface area is 136 Å². The number of benzene rings is 1. The standard InChI is InChI=1S/C17H22ClNOS/c1-4-11-20-15-7-5-14(6-8-15)12(2)19-13(3)16-9-10-17(18)21-16/h5-10,12-13,19H,4,11H2,1-3H3. The molecule has 0 radical (unpaired) electrons. The van der Waals surface area contributed by atoms with E-state index < -0.39 is 0 Å². The molecule has 2 rings (SSSR count). The van der Waals surface area contributed by atoms with Gasteiger partial charge in [-0.05, 0) is 50.1 Å². The zero-order valence-corrected chi connectivity index (χ0v) is 14.3. The molecule has 0 saturated heterocycles. The molecule has 114 valence electrons. The van der Waals surface area contributed by atoms with Crippen molar-refractivity contribution in [2.45, 2.75) is 39.3 Å². The van der Waals surface area contributed by atoms with Gasteiger partial charge in [-0.15, -0.1) is 11.3 Å². The number of nitrogens with one attached hydrogen (secondary N) is 1. The van der Waals surface area contributed by atoms with Gasteiger partial charge in [-0.2, -0.15) is 0 Å². The highest BCUT2D eigenvalue weighted by Crippen LogP contribution is 2.28. The van der Waals surface area contributed by atoms with Crippen LogP contribution in [0.25, 0.3) is 0 Å². The summed E-state index contributed by atoms with van der Waals surface area (Å²) in [6.45, 7) is 7.22. The minimum absolute atomic E-state index is 0.279. The van der Waals surface area contributed by atoms with Gasteiger partial charge in [0.05, 0.1) is 10.9 Å². The Kier molecular flexibility index (Phi) is 6.09. The maximum absolute atomic E-state index is 5.99. The van der Waals surface area contributed by atoms with E-state index in [2.05, 4.69) is 44.3 Å². The summed E-state index contributed by atoms with van der Waals surface area (Å²) in [6.07, 6.45) is 1.03. The van der Waals surface area contributed by atoms with E-state index >= 15 is 0 Å². The van der Waals surface area contributed by atoms with Crippen LogP contribution in [0.2, 0.25) is 4.34 Å². The third-order valence-electron chi connectivity index (χ3n) is 3.37. The van der Waals surface area contributed by atoms with Crippen molar-refractivity contribution in [3.05, 3.63) is 51.2 Å². The van der Waals surface area contributed by atoms with Crippen LogP contribution >= 0.6 is 22.9 Å². The number of ether oxygens (including phenoxy) is 1. The Morgan fingerprint density at radius 1 is 1.10 bits per heavy atom. The molecule has 4 heteroatoms. The molecule has 2 nitrogen and oxygen atoms in total. The van der Waals surface area contributed by atoms with Crippen LogP contribution in [-0.4, -0.2) is 6.61 Å².